The first-order chi connectivity index (χ1) is 7.81. The second-order valence-corrected chi connectivity index (χ2v) is 5.71. The Morgan fingerprint density at radius 1 is 1.25 bits per heavy atom. The normalized spacial score (nSPS) is 23.6. The SMILES string of the molecule is CN1CCC(Nc2nc(C3CC3)ns2)CC1. The molecule has 2 heterocycles. The Kier molecular flexibility index (Phi) is 2.81. The van der Waals surface area contributed by atoms with Gasteiger partial charge in [0.15, 0.2) is 0 Å². The van der Waals surface area contributed by atoms with Gasteiger partial charge in [0.05, 0.1) is 0 Å². The van der Waals surface area contributed by atoms with Gasteiger partial charge in [-0.25, -0.2) is 4.98 Å². The van der Waals surface area contributed by atoms with Crippen LogP contribution in [-0.2, 0) is 0 Å². The van der Waals surface area contributed by atoms with E-state index in [4.69, 9.17) is 0 Å². The van der Waals surface area contributed by atoms with Crippen molar-refractivity contribution < 1.29 is 0 Å². The van der Waals surface area contributed by atoms with Gasteiger partial charge in [0.1, 0.15) is 5.82 Å². The largest absolute Gasteiger partial charge is 0.357 e. The summed E-state index contributed by atoms with van der Waals surface area (Å²) >= 11 is 1.53. The molecule has 0 aromatic carbocycles. The van der Waals surface area contributed by atoms with Gasteiger partial charge in [-0.15, -0.1) is 0 Å². The van der Waals surface area contributed by atoms with Crippen LogP contribution in [0.4, 0.5) is 5.13 Å². The van der Waals surface area contributed by atoms with E-state index in [1.54, 1.807) is 0 Å². The van der Waals surface area contributed by atoms with Crippen molar-refractivity contribution in [1.82, 2.24) is 14.3 Å². The molecule has 88 valence electrons. The molecule has 1 aliphatic carbocycles. The predicted octanol–water partition coefficient (Wildman–Crippen LogP) is 1.92. The minimum atomic E-state index is 0.594. The van der Waals surface area contributed by atoms with Crippen LogP contribution in [0.2, 0.25) is 0 Å². The highest BCUT2D eigenvalue weighted by molar-refractivity contribution is 7.09. The lowest BCUT2D eigenvalue weighted by molar-refractivity contribution is 0.264. The molecule has 0 unspecified atom stereocenters. The number of anilines is 1. The summed E-state index contributed by atoms with van der Waals surface area (Å²) in [6.45, 7) is 2.37. The Labute approximate surface area is 100 Å². The molecule has 1 aliphatic heterocycles. The first-order valence-electron chi connectivity index (χ1n) is 6.10. The molecular weight excluding hydrogens is 220 g/mol. The molecule has 2 fully saturated rings. The first-order valence-corrected chi connectivity index (χ1v) is 6.87. The zero-order valence-electron chi connectivity index (χ0n) is 9.65. The third-order valence-corrected chi connectivity index (χ3v) is 4.09. The molecule has 1 aromatic rings. The molecule has 0 radical (unpaired) electrons. The van der Waals surface area contributed by atoms with Crippen LogP contribution in [-0.4, -0.2) is 40.4 Å². The second-order valence-electron chi connectivity index (χ2n) is 4.95. The molecule has 1 saturated heterocycles. The van der Waals surface area contributed by atoms with Crippen LogP contribution in [0.3, 0.4) is 0 Å². The predicted molar refractivity (Wildman–Crippen MR) is 66.0 cm³/mol. The van der Waals surface area contributed by atoms with E-state index in [2.05, 4.69) is 26.6 Å². The number of nitrogens with one attached hydrogen (secondary N) is 1. The van der Waals surface area contributed by atoms with Crippen molar-refractivity contribution in [3.8, 4) is 0 Å². The molecule has 16 heavy (non-hydrogen) atoms. The van der Waals surface area contributed by atoms with Crippen molar-refractivity contribution >= 4 is 16.7 Å². The zero-order chi connectivity index (χ0) is 11.0. The molecule has 1 aromatic heterocycles. The lowest BCUT2D eigenvalue weighted by Crippen LogP contribution is -2.36. The summed E-state index contributed by atoms with van der Waals surface area (Å²) in [7, 11) is 2.19. The van der Waals surface area contributed by atoms with E-state index in [0.29, 0.717) is 12.0 Å². The zero-order valence-corrected chi connectivity index (χ0v) is 10.5. The molecule has 0 spiro atoms. The quantitative estimate of drug-likeness (QED) is 0.873. The Morgan fingerprint density at radius 3 is 2.69 bits per heavy atom. The summed E-state index contributed by atoms with van der Waals surface area (Å²) in [5.74, 6) is 1.74. The standard InChI is InChI=1S/C11H18N4S/c1-15-6-4-9(5-7-15)12-11-13-10(14-16-11)8-2-3-8/h8-9H,2-7H2,1H3,(H,12,13,14). The van der Waals surface area contributed by atoms with Gasteiger partial charge in [-0.2, -0.15) is 4.37 Å². The average molecular weight is 238 g/mol. The van der Waals surface area contributed by atoms with Gasteiger partial charge in [0, 0.05) is 23.5 Å². The summed E-state index contributed by atoms with van der Waals surface area (Å²) in [6.07, 6.45) is 5.00. The van der Waals surface area contributed by atoms with E-state index >= 15 is 0 Å². The number of rotatable bonds is 3. The number of hydrogen-bond acceptors (Lipinski definition) is 5. The average Bonchev–Trinajstić information content (AvgIpc) is 3.04. The molecular formula is C11H18N4S. The Hall–Kier alpha value is -0.680. The van der Waals surface area contributed by atoms with Crippen molar-refractivity contribution in [3.63, 3.8) is 0 Å². The number of piperidine rings is 1. The van der Waals surface area contributed by atoms with Crippen LogP contribution in [0.1, 0.15) is 37.4 Å². The maximum absolute atomic E-state index is 4.57. The number of nitrogens with zero attached hydrogens (tertiary/aromatic N) is 3. The van der Waals surface area contributed by atoms with E-state index in [-0.39, 0.29) is 0 Å². The van der Waals surface area contributed by atoms with Gasteiger partial charge in [-0.3, -0.25) is 0 Å². The molecule has 0 amide bonds. The van der Waals surface area contributed by atoms with Gasteiger partial charge < -0.3 is 10.2 Å². The molecule has 0 bridgehead atoms. The first kappa shape index (κ1) is 10.5. The van der Waals surface area contributed by atoms with Crippen molar-refractivity contribution in [3.05, 3.63) is 5.82 Å². The molecule has 4 nitrogen and oxygen atoms in total. The highest BCUT2D eigenvalue weighted by atomic mass is 32.1. The van der Waals surface area contributed by atoms with Crippen LogP contribution in [0.5, 0.6) is 0 Å². The van der Waals surface area contributed by atoms with E-state index in [1.165, 1.54) is 50.3 Å². The summed E-state index contributed by atoms with van der Waals surface area (Å²) in [5, 5.41) is 4.55. The Morgan fingerprint density at radius 2 is 2.00 bits per heavy atom. The molecule has 0 atom stereocenters. The fourth-order valence-corrected chi connectivity index (χ4v) is 2.85. The summed E-state index contributed by atoms with van der Waals surface area (Å²) in [6, 6.07) is 0.594. The number of likely N-dealkylation sites (tertiary alicyclic amines) is 1. The summed E-state index contributed by atoms with van der Waals surface area (Å²) < 4.78 is 4.42. The third-order valence-electron chi connectivity index (χ3n) is 3.43. The van der Waals surface area contributed by atoms with Crippen molar-refractivity contribution in [2.75, 3.05) is 25.5 Å². The van der Waals surface area contributed by atoms with Crippen LogP contribution >= 0.6 is 11.5 Å². The van der Waals surface area contributed by atoms with Crippen molar-refractivity contribution in [2.45, 2.75) is 37.6 Å². The van der Waals surface area contributed by atoms with E-state index in [9.17, 15) is 0 Å². The fraction of sp³-hybridized carbons (Fsp3) is 0.818. The van der Waals surface area contributed by atoms with Gasteiger partial charge in [0.25, 0.3) is 0 Å². The van der Waals surface area contributed by atoms with Crippen LogP contribution in [0, 0.1) is 0 Å². The monoisotopic (exact) mass is 238 g/mol. The molecule has 3 rings (SSSR count). The third kappa shape index (κ3) is 2.35. The number of hydrogen-bond donors (Lipinski definition) is 1. The van der Waals surface area contributed by atoms with Gasteiger partial charge in [0.2, 0.25) is 5.13 Å². The van der Waals surface area contributed by atoms with Gasteiger partial charge in [-0.05, 0) is 45.8 Å². The fourth-order valence-electron chi connectivity index (χ4n) is 2.13. The molecule has 1 N–H and O–H groups in total. The van der Waals surface area contributed by atoms with Crippen LogP contribution in [0.25, 0.3) is 0 Å². The lowest BCUT2D eigenvalue weighted by Gasteiger charge is -2.29. The van der Waals surface area contributed by atoms with Crippen LogP contribution < -0.4 is 5.32 Å². The molecule has 5 heteroatoms. The lowest BCUT2D eigenvalue weighted by atomic mass is 10.1. The minimum absolute atomic E-state index is 0.594. The Balaban J connectivity index is 1.56. The highest BCUT2D eigenvalue weighted by Gasteiger charge is 2.28. The topological polar surface area (TPSA) is 41.0 Å². The van der Waals surface area contributed by atoms with Crippen LogP contribution in [0.15, 0.2) is 0 Å². The highest BCUT2D eigenvalue weighted by Crippen LogP contribution is 2.39. The second kappa shape index (κ2) is 4.30. The van der Waals surface area contributed by atoms with Crippen molar-refractivity contribution in [1.29, 1.82) is 0 Å². The van der Waals surface area contributed by atoms with Gasteiger partial charge >= 0.3 is 0 Å². The maximum Gasteiger partial charge on any atom is 0.202 e. The molecule has 2 aliphatic rings. The summed E-state index contributed by atoms with van der Waals surface area (Å²) in [4.78, 5) is 6.95. The van der Waals surface area contributed by atoms with Crippen molar-refractivity contribution in [2.24, 2.45) is 0 Å². The molecule has 1 saturated carbocycles. The maximum atomic E-state index is 4.57. The Bertz CT molecular complexity index is 353. The van der Waals surface area contributed by atoms with E-state index in [1.807, 2.05) is 0 Å². The summed E-state index contributed by atoms with van der Waals surface area (Å²) in [5.41, 5.74) is 0. The van der Waals surface area contributed by atoms with Gasteiger partial charge in [-0.1, -0.05) is 0 Å². The minimum Gasteiger partial charge on any atom is -0.357 e. The van der Waals surface area contributed by atoms with E-state index < -0.39 is 0 Å². The van der Waals surface area contributed by atoms with E-state index in [0.717, 1.165) is 11.0 Å². The smallest absolute Gasteiger partial charge is 0.202 e. The number of aromatic nitrogens is 2.